The first-order valence-electron chi connectivity index (χ1n) is 14.8. The molecule has 4 rings (SSSR count). The molecule has 0 bridgehead atoms. The van der Waals surface area contributed by atoms with Crippen LogP contribution in [0.5, 0.6) is 0 Å². The summed E-state index contributed by atoms with van der Waals surface area (Å²) in [5, 5.41) is 21.6. The second-order valence-corrected chi connectivity index (χ2v) is 11.7. The summed E-state index contributed by atoms with van der Waals surface area (Å²) in [5.41, 5.74) is -0.00695. The van der Waals surface area contributed by atoms with Gasteiger partial charge in [0.2, 0.25) is 0 Å². The molecule has 1 aromatic carbocycles. The van der Waals surface area contributed by atoms with Gasteiger partial charge in [0.1, 0.15) is 38.5 Å². The Hall–Kier alpha value is -2.08. The monoisotopic (exact) mass is 630 g/mol. The van der Waals surface area contributed by atoms with Crippen LogP contribution < -0.4 is 24.8 Å². The van der Waals surface area contributed by atoms with E-state index in [-0.39, 0.29) is 83.0 Å². The number of halogens is 2. The Bertz CT molecular complexity index is 990. The maximum Gasteiger partial charge on any atom is 0.339 e. The van der Waals surface area contributed by atoms with Crippen LogP contribution in [0.3, 0.4) is 0 Å². The highest BCUT2D eigenvalue weighted by atomic mass is 35.5. The molecule has 236 valence electrons. The van der Waals surface area contributed by atoms with Crippen LogP contribution in [0.15, 0.2) is 24.3 Å². The fourth-order valence-electron chi connectivity index (χ4n) is 6.58. The lowest BCUT2D eigenvalue weighted by atomic mass is 10.0. The molecule has 42 heavy (non-hydrogen) atoms. The predicted octanol–water partition coefficient (Wildman–Crippen LogP) is -3.64. The summed E-state index contributed by atoms with van der Waals surface area (Å²) < 4.78 is 11.1. The third-order valence-electron chi connectivity index (χ3n) is 8.73. The second kappa shape index (κ2) is 16.7. The molecule has 0 radical (unpaired) electrons. The molecule has 3 aliphatic rings. The van der Waals surface area contributed by atoms with Crippen LogP contribution in [0.25, 0.3) is 0 Å². The SMILES string of the molecule is O=C1OCC(O)C[N+]2(CCCCC2)C(=O)CCCCC(=O)[N+]2(CCCCC2)CC(O)COC(=O)c2ccccc21.[Cl-].[Cl-]. The molecule has 2 unspecified atom stereocenters. The number of hydrogen-bond donors (Lipinski definition) is 2. The molecule has 2 saturated heterocycles. The van der Waals surface area contributed by atoms with E-state index in [1.807, 2.05) is 0 Å². The number of nitrogens with zero attached hydrogens (tertiary/aromatic N) is 2. The molecular formula is C30H44Cl2N2O8. The van der Waals surface area contributed by atoms with Crippen molar-refractivity contribution in [2.45, 2.75) is 76.4 Å². The number of carbonyl (C=O) groups is 4. The van der Waals surface area contributed by atoms with Gasteiger partial charge in [-0.2, -0.15) is 0 Å². The topological polar surface area (TPSA) is 127 Å². The Morgan fingerprint density at radius 1 is 0.571 bits per heavy atom. The largest absolute Gasteiger partial charge is 1.00 e. The van der Waals surface area contributed by atoms with Crippen LogP contribution >= 0.6 is 0 Å². The van der Waals surface area contributed by atoms with Crippen LogP contribution in [-0.2, 0) is 19.1 Å². The molecule has 3 heterocycles. The van der Waals surface area contributed by atoms with Gasteiger partial charge >= 0.3 is 23.8 Å². The quantitative estimate of drug-likeness (QED) is 0.222. The first-order chi connectivity index (χ1) is 19.2. The number of carbonyl (C=O) groups excluding carboxylic acids is 4. The maximum absolute atomic E-state index is 13.5. The normalized spacial score (nSPS) is 26.1. The summed E-state index contributed by atoms with van der Waals surface area (Å²) in [6, 6.07) is 6.09. The number of benzene rings is 1. The van der Waals surface area contributed by atoms with Crippen molar-refractivity contribution in [2.24, 2.45) is 0 Å². The zero-order chi connectivity index (χ0) is 28.6. The first kappa shape index (κ1) is 36.1. The van der Waals surface area contributed by atoms with Gasteiger partial charge in [-0.25, -0.2) is 19.2 Å². The van der Waals surface area contributed by atoms with Gasteiger partial charge < -0.3 is 44.5 Å². The summed E-state index contributed by atoms with van der Waals surface area (Å²) in [4.78, 5) is 52.8. The van der Waals surface area contributed by atoms with Crippen LogP contribution in [0, 0.1) is 0 Å². The fourth-order valence-corrected chi connectivity index (χ4v) is 6.58. The molecule has 2 atom stereocenters. The number of aliphatic hydroxyl groups is 2. The van der Waals surface area contributed by atoms with Crippen molar-refractivity contribution >= 4 is 23.8 Å². The minimum absolute atomic E-state index is 0. The molecule has 2 N–H and O–H groups in total. The summed E-state index contributed by atoms with van der Waals surface area (Å²) in [7, 11) is 0. The Kier molecular flexibility index (Phi) is 14.3. The Labute approximate surface area is 260 Å². The van der Waals surface area contributed by atoms with Gasteiger partial charge in [-0.05, 0) is 63.5 Å². The number of amides is 2. The van der Waals surface area contributed by atoms with Crippen molar-refractivity contribution < 1.29 is 72.6 Å². The van der Waals surface area contributed by atoms with E-state index in [1.54, 1.807) is 12.1 Å². The van der Waals surface area contributed by atoms with Crippen molar-refractivity contribution in [1.82, 2.24) is 0 Å². The van der Waals surface area contributed by atoms with Gasteiger partial charge in [0, 0.05) is 0 Å². The number of ether oxygens (including phenoxy) is 2. The van der Waals surface area contributed by atoms with Gasteiger partial charge in [0.15, 0.2) is 0 Å². The smallest absolute Gasteiger partial charge is 0.339 e. The summed E-state index contributed by atoms with van der Waals surface area (Å²) in [6.45, 7) is 2.25. The highest BCUT2D eigenvalue weighted by Crippen LogP contribution is 2.25. The third-order valence-corrected chi connectivity index (χ3v) is 8.73. The van der Waals surface area contributed by atoms with E-state index in [4.69, 9.17) is 9.47 Å². The number of quaternary nitrogens is 2. The average Bonchev–Trinajstić information content (AvgIpc) is 2.97. The highest BCUT2D eigenvalue weighted by Gasteiger charge is 2.41. The van der Waals surface area contributed by atoms with Crippen molar-refractivity contribution in [1.29, 1.82) is 0 Å². The molecular weight excluding hydrogens is 587 g/mol. The van der Waals surface area contributed by atoms with E-state index in [0.29, 0.717) is 51.9 Å². The van der Waals surface area contributed by atoms with E-state index in [9.17, 15) is 29.4 Å². The van der Waals surface area contributed by atoms with Crippen molar-refractivity contribution in [3.63, 3.8) is 0 Å². The van der Waals surface area contributed by atoms with Crippen LogP contribution in [0.2, 0.25) is 0 Å². The molecule has 3 aliphatic heterocycles. The second-order valence-electron chi connectivity index (χ2n) is 11.7. The lowest BCUT2D eigenvalue weighted by Crippen LogP contribution is -3.00. The zero-order valence-electron chi connectivity index (χ0n) is 24.2. The van der Waals surface area contributed by atoms with E-state index < -0.39 is 24.1 Å². The minimum Gasteiger partial charge on any atom is -1.00 e. The molecule has 2 spiro atoms. The molecule has 12 heteroatoms. The van der Waals surface area contributed by atoms with Crippen LogP contribution in [-0.4, -0.2) is 108 Å². The molecule has 2 amide bonds. The van der Waals surface area contributed by atoms with E-state index in [0.717, 1.165) is 38.5 Å². The van der Waals surface area contributed by atoms with Gasteiger partial charge in [0.05, 0.1) is 50.1 Å². The van der Waals surface area contributed by atoms with Crippen molar-refractivity contribution in [2.75, 3.05) is 52.5 Å². The number of aliphatic hydroxyl groups excluding tert-OH is 2. The third kappa shape index (κ3) is 8.97. The summed E-state index contributed by atoms with van der Waals surface area (Å²) >= 11 is 0. The van der Waals surface area contributed by atoms with E-state index >= 15 is 0 Å². The molecule has 10 nitrogen and oxygen atoms in total. The van der Waals surface area contributed by atoms with Gasteiger partial charge in [0.25, 0.3) is 0 Å². The number of hydrogen-bond acceptors (Lipinski definition) is 8. The number of fused-ring (bicyclic) bond motifs is 1. The molecule has 2 fully saturated rings. The van der Waals surface area contributed by atoms with Gasteiger partial charge in [-0.15, -0.1) is 0 Å². The van der Waals surface area contributed by atoms with E-state index in [2.05, 4.69) is 0 Å². The minimum atomic E-state index is -1.05. The lowest BCUT2D eigenvalue weighted by Gasteiger charge is -2.40. The van der Waals surface area contributed by atoms with Crippen molar-refractivity contribution in [3.8, 4) is 0 Å². The Morgan fingerprint density at radius 3 is 1.29 bits per heavy atom. The standard InChI is InChI=1S/C30H44N2O8.2ClH/c33-23-19-31(15-7-1-8-16-31)27(35)13-5-6-14-28(36)32(17-9-2-10-18-32)20-24(34)22-40-30(38)26-12-4-3-11-25(26)29(37)39-21-23;;/h3-4,11-12,23-24,33-34H,1-2,5-10,13-22H2;2*1H/q+2;;/p-2. The zero-order valence-corrected chi connectivity index (χ0v) is 25.7. The number of esters is 2. The fraction of sp³-hybridized carbons (Fsp3) is 0.667. The average molecular weight is 632 g/mol. The van der Waals surface area contributed by atoms with Crippen LogP contribution in [0.1, 0.15) is 84.9 Å². The first-order valence-corrected chi connectivity index (χ1v) is 14.8. The lowest BCUT2D eigenvalue weighted by molar-refractivity contribution is -0.863. The van der Waals surface area contributed by atoms with Gasteiger partial charge in [-0.1, -0.05) is 12.1 Å². The van der Waals surface area contributed by atoms with Crippen LogP contribution in [0.4, 0.5) is 0 Å². The van der Waals surface area contributed by atoms with Crippen molar-refractivity contribution in [3.05, 3.63) is 35.4 Å². The predicted molar refractivity (Wildman–Crippen MR) is 145 cm³/mol. The van der Waals surface area contributed by atoms with Gasteiger partial charge in [-0.3, -0.25) is 8.97 Å². The number of rotatable bonds is 0. The molecule has 0 aromatic heterocycles. The Balaban J connectivity index is 0.00000308. The highest BCUT2D eigenvalue weighted by molar-refractivity contribution is 6.03. The van der Waals surface area contributed by atoms with E-state index in [1.165, 1.54) is 12.1 Å². The molecule has 0 saturated carbocycles. The number of cyclic esters (lactones) is 2. The number of piperidine rings is 2. The molecule has 0 aliphatic carbocycles. The summed E-state index contributed by atoms with van der Waals surface area (Å²) in [5.74, 6) is -1.45. The Morgan fingerprint density at radius 2 is 0.929 bits per heavy atom. The summed E-state index contributed by atoms with van der Waals surface area (Å²) in [6.07, 6.45) is 5.31. The maximum atomic E-state index is 13.5. The molecule has 1 aromatic rings.